The molecule has 2 atom stereocenters. The van der Waals surface area contributed by atoms with Gasteiger partial charge in [-0.2, -0.15) is 0 Å². The molecule has 2 aliphatic heterocycles. The van der Waals surface area contributed by atoms with Crippen LogP contribution in [0.5, 0.6) is 11.5 Å². The summed E-state index contributed by atoms with van der Waals surface area (Å²) in [5.41, 5.74) is -0.232. The lowest BCUT2D eigenvalue weighted by Crippen LogP contribution is -2.50. The number of piperidine rings is 1. The second kappa shape index (κ2) is 11.2. The average molecular weight is 587 g/mol. The Labute approximate surface area is 241 Å². The predicted molar refractivity (Wildman–Crippen MR) is 153 cm³/mol. The molecule has 10 nitrogen and oxygen atoms in total. The van der Waals surface area contributed by atoms with Gasteiger partial charge in [-0.25, -0.2) is 9.18 Å². The third-order valence-corrected chi connectivity index (χ3v) is 8.38. The third kappa shape index (κ3) is 5.08. The van der Waals surface area contributed by atoms with Gasteiger partial charge >= 0.3 is 5.97 Å². The number of ether oxygens (including phenoxy) is 1. The molecule has 1 amide bonds. The number of carboxylic acids is 1. The van der Waals surface area contributed by atoms with E-state index in [1.807, 2.05) is 4.90 Å². The van der Waals surface area contributed by atoms with Crippen LogP contribution in [0, 0.1) is 11.7 Å². The van der Waals surface area contributed by atoms with Crippen LogP contribution in [0.3, 0.4) is 0 Å². The number of nitrogens with one attached hydrogen (secondary N) is 1. The van der Waals surface area contributed by atoms with Crippen molar-refractivity contribution in [2.24, 2.45) is 5.92 Å². The zero-order valence-corrected chi connectivity index (χ0v) is 23.3. The maximum Gasteiger partial charge on any atom is 0.341 e. The Hall–Kier alpha value is -3.83. The fourth-order valence-corrected chi connectivity index (χ4v) is 6.31. The second-order valence-electron chi connectivity index (χ2n) is 10.8. The molecule has 0 bridgehead atoms. The second-order valence-corrected chi connectivity index (χ2v) is 10.8. The molecule has 2 aromatic carbocycles. The highest BCUT2D eigenvalue weighted by molar-refractivity contribution is 5.97. The van der Waals surface area contributed by atoms with E-state index < -0.39 is 17.2 Å². The van der Waals surface area contributed by atoms with E-state index in [-0.39, 0.29) is 70.0 Å². The van der Waals surface area contributed by atoms with E-state index in [1.54, 1.807) is 22.8 Å². The van der Waals surface area contributed by atoms with Gasteiger partial charge in [0.05, 0.1) is 30.2 Å². The lowest BCUT2D eigenvalue weighted by molar-refractivity contribution is 0.0694. The number of pyridine rings is 1. The van der Waals surface area contributed by atoms with E-state index in [0.29, 0.717) is 25.3 Å². The van der Waals surface area contributed by atoms with E-state index in [1.165, 1.54) is 19.4 Å². The number of hydrogen-bond donors (Lipinski definition) is 3. The minimum atomic E-state index is -1.34. The number of carbonyl (C=O) groups excluding carboxylic acids is 1. The molecule has 41 heavy (non-hydrogen) atoms. The number of aromatic nitrogens is 1. The first kappa shape index (κ1) is 28.7. The minimum absolute atomic E-state index is 0. The molecule has 0 radical (unpaired) electrons. The third-order valence-electron chi connectivity index (χ3n) is 8.38. The molecule has 3 fully saturated rings. The Kier molecular flexibility index (Phi) is 7.85. The predicted octanol–water partition coefficient (Wildman–Crippen LogP) is 3.60. The van der Waals surface area contributed by atoms with E-state index in [4.69, 9.17) is 4.74 Å². The monoisotopic (exact) mass is 586 g/mol. The number of aromatic hydroxyl groups is 1. The van der Waals surface area contributed by atoms with Gasteiger partial charge < -0.3 is 29.7 Å². The molecule has 3 aromatic rings. The number of phenols is 1. The summed E-state index contributed by atoms with van der Waals surface area (Å²) in [6, 6.07) is 7.61. The molecule has 1 aromatic heterocycles. The van der Waals surface area contributed by atoms with Crippen molar-refractivity contribution < 1.29 is 28.9 Å². The van der Waals surface area contributed by atoms with Crippen LogP contribution in [0.25, 0.3) is 10.9 Å². The smallest absolute Gasteiger partial charge is 0.341 e. The number of benzene rings is 2. The highest BCUT2D eigenvalue weighted by Crippen LogP contribution is 2.45. The van der Waals surface area contributed by atoms with Crippen molar-refractivity contribution in [3.05, 3.63) is 63.7 Å². The Morgan fingerprint density at radius 2 is 1.90 bits per heavy atom. The topological polar surface area (TPSA) is 124 Å². The summed E-state index contributed by atoms with van der Waals surface area (Å²) in [6.07, 6.45) is 4.91. The fraction of sp³-hybridized carbons (Fsp3) is 0.414. The van der Waals surface area contributed by atoms with Crippen molar-refractivity contribution in [2.45, 2.75) is 37.8 Å². The molecule has 3 aliphatic rings. The van der Waals surface area contributed by atoms with Crippen LogP contribution in [0.4, 0.5) is 10.1 Å². The summed E-state index contributed by atoms with van der Waals surface area (Å²) < 4.78 is 23.3. The number of nitrogens with zero attached hydrogens (tertiary/aromatic N) is 3. The van der Waals surface area contributed by atoms with Crippen LogP contribution < -0.4 is 20.4 Å². The largest absolute Gasteiger partial charge is 0.507 e. The van der Waals surface area contributed by atoms with Gasteiger partial charge in [0.15, 0.2) is 11.6 Å². The quantitative estimate of drug-likeness (QED) is 0.384. The number of carbonyl (C=O) groups is 2. The molecule has 218 valence electrons. The summed E-state index contributed by atoms with van der Waals surface area (Å²) in [5, 5.41) is 22.5. The van der Waals surface area contributed by atoms with Crippen LogP contribution in [0.15, 0.2) is 41.3 Å². The number of anilines is 1. The van der Waals surface area contributed by atoms with Crippen LogP contribution in [-0.2, 0) is 0 Å². The molecule has 1 saturated carbocycles. The summed E-state index contributed by atoms with van der Waals surface area (Å²) in [5.74, 6) is -1.96. The van der Waals surface area contributed by atoms with Crippen molar-refractivity contribution in [3.63, 3.8) is 0 Å². The van der Waals surface area contributed by atoms with Gasteiger partial charge in [-0.15, -0.1) is 12.4 Å². The number of fused-ring (bicyclic) bond motifs is 2. The summed E-state index contributed by atoms with van der Waals surface area (Å²) >= 11 is 0. The molecule has 0 spiro atoms. The number of halogens is 2. The van der Waals surface area contributed by atoms with Crippen molar-refractivity contribution in [1.29, 1.82) is 0 Å². The zero-order valence-electron chi connectivity index (χ0n) is 22.5. The number of rotatable bonds is 7. The number of amides is 1. The molecule has 2 unspecified atom stereocenters. The van der Waals surface area contributed by atoms with Crippen LogP contribution in [-0.4, -0.2) is 71.0 Å². The molecule has 6 rings (SSSR count). The van der Waals surface area contributed by atoms with Gasteiger partial charge in [-0.1, -0.05) is 12.1 Å². The normalized spacial score (nSPS) is 20.4. The number of likely N-dealkylation sites (tertiary alicyclic amines) is 1. The lowest BCUT2D eigenvalue weighted by atomic mass is 9.92. The van der Waals surface area contributed by atoms with Crippen molar-refractivity contribution in [1.82, 2.24) is 14.8 Å². The summed E-state index contributed by atoms with van der Waals surface area (Å²) in [4.78, 5) is 41.6. The molecule has 3 N–H and O–H groups in total. The SMILES string of the molecule is COc1c(N2CC3CCCN(CNC(=O)c4ccccc4O)C3C2)c(F)cc2c(=O)c(C(=O)O)cn(C3CC3)c12.Cl. The van der Waals surface area contributed by atoms with E-state index in [9.17, 15) is 24.6 Å². The highest BCUT2D eigenvalue weighted by Gasteiger charge is 2.41. The minimum Gasteiger partial charge on any atom is -0.507 e. The van der Waals surface area contributed by atoms with Crippen molar-refractivity contribution >= 4 is 40.9 Å². The van der Waals surface area contributed by atoms with Gasteiger partial charge in [0.1, 0.15) is 17.0 Å². The molecular weight excluding hydrogens is 555 g/mol. The molecule has 12 heteroatoms. The molecule has 1 aliphatic carbocycles. The van der Waals surface area contributed by atoms with E-state index in [0.717, 1.165) is 38.3 Å². The van der Waals surface area contributed by atoms with Gasteiger partial charge in [0.25, 0.3) is 5.91 Å². The Bertz CT molecular complexity index is 1580. The highest BCUT2D eigenvalue weighted by atomic mass is 35.5. The molecule has 2 saturated heterocycles. The molecular formula is C29H32ClFN4O6. The van der Waals surface area contributed by atoms with Crippen molar-refractivity contribution in [2.75, 3.05) is 38.3 Å². The van der Waals surface area contributed by atoms with Gasteiger partial charge in [-0.05, 0) is 49.8 Å². The maximum absolute atomic E-state index is 15.8. The maximum atomic E-state index is 15.8. The summed E-state index contributed by atoms with van der Waals surface area (Å²) in [7, 11) is 1.44. The number of hydrogen-bond acceptors (Lipinski definition) is 7. The Morgan fingerprint density at radius 3 is 2.59 bits per heavy atom. The molecule has 3 heterocycles. The van der Waals surface area contributed by atoms with Crippen LogP contribution in [0.2, 0.25) is 0 Å². The standard InChI is InChI=1S/C29H31FN4O6.ClH/c1-40-27-24-19(26(36)20(29(38)39)13-34(24)17-8-9-17)11-21(30)25(27)33-12-16-5-4-10-32(22(16)14-33)15-31-28(37)18-6-2-3-7-23(18)35;/h2-3,6-7,11,13,16-17,22,35H,4-5,8-10,12,14-15H2,1H3,(H,31,37)(H,38,39);1H. The Balaban J connectivity index is 0.00000337. The lowest BCUT2D eigenvalue weighted by Gasteiger charge is -2.36. The van der Waals surface area contributed by atoms with E-state index in [2.05, 4.69) is 10.2 Å². The fourth-order valence-electron chi connectivity index (χ4n) is 6.31. The number of phenolic OH excluding ortho intramolecular Hbond substituents is 1. The average Bonchev–Trinajstić information content (AvgIpc) is 3.69. The summed E-state index contributed by atoms with van der Waals surface area (Å²) in [6.45, 7) is 2.14. The van der Waals surface area contributed by atoms with Gasteiger partial charge in [-0.3, -0.25) is 14.5 Å². The van der Waals surface area contributed by atoms with Crippen LogP contribution >= 0.6 is 12.4 Å². The first-order chi connectivity index (χ1) is 19.3. The van der Waals surface area contributed by atoms with E-state index >= 15 is 4.39 Å². The first-order valence-corrected chi connectivity index (χ1v) is 13.5. The number of para-hydroxylation sites is 1. The Morgan fingerprint density at radius 1 is 1.15 bits per heavy atom. The number of aromatic carboxylic acids is 1. The first-order valence-electron chi connectivity index (χ1n) is 13.5. The van der Waals surface area contributed by atoms with Crippen LogP contribution in [0.1, 0.15) is 52.4 Å². The van der Waals surface area contributed by atoms with Gasteiger partial charge in [0, 0.05) is 37.9 Å². The van der Waals surface area contributed by atoms with Crippen molar-refractivity contribution in [3.8, 4) is 11.5 Å². The zero-order chi connectivity index (χ0) is 28.1. The van der Waals surface area contributed by atoms with Gasteiger partial charge in [0.2, 0.25) is 5.43 Å². The number of carboxylic acid groups (broad SMARTS) is 1. The number of methoxy groups -OCH3 is 1.